The van der Waals surface area contributed by atoms with Crippen LogP contribution in [0.15, 0.2) is 77.3 Å². The quantitative estimate of drug-likeness (QED) is 0.194. The van der Waals surface area contributed by atoms with Crippen LogP contribution in [0, 0.1) is 0 Å². The molecular formula is C33H33N3O9S. The summed E-state index contributed by atoms with van der Waals surface area (Å²) < 4.78 is 51.7. The second-order valence-corrected chi connectivity index (χ2v) is 12.0. The summed E-state index contributed by atoms with van der Waals surface area (Å²) in [7, 11) is -1.30. The molecule has 1 aliphatic heterocycles. The number of hydrogen-bond acceptors (Lipinski definition) is 9. The Morgan fingerprint density at radius 1 is 1.04 bits per heavy atom. The second kappa shape index (κ2) is 13.8. The molecule has 5 rings (SSSR count). The second-order valence-electron chi connectivity index (χ2n) is 10.3. The Hall–Kier alpha value is -5.30. The van der Waals surface area contributed by atoms with Crippen molar-refractivity contribution in [1.82, 2.24) is 14.3 Å². The minimum atomic E-state index is -4.21. The maximum Gasteiger partial charge on any atom is 0.331 e. The molecule has 2 heterocycles. The zero-order valence-electron chi connectivity index (χ0n) is 25.5. The number of unbranched alkanes of at least 4 members (excludes halogenated alkanes) is 1. The molecule has 0 bridgehead atoms. The Kier molecular flexibility index (Phi) is 9.61. The molecule has 0 saturated heterocycles. The van der Waals surface area contributed by atoms with Gasteiger partial charge >= 0.3 is 5.97 Å². The number of ether oxygens (including phenoxy) is 4. The normalized spacial score (nSPS) is 12.5. The zero-order chi connectivity index (χ0) is 32.8. The minimum absolute atomic E-state index is 0.00604. The first-order valence-electron chi connectivity index (χ1n) is 14.4. The monoisotopic (exact) mass is 647 g/mol. The first kappa shape index (κ1) is 32.1. The molecular weight excluding hydrogens is 614 g/mol. The number of amides is 1. The van der Waals surface area contributed by atoms with Crippen LogP contribution >= 0.6 is 0 Å². The van der Waals surface area contributed by atoms with Crippen molar-refractivity contribution >= 4 is 28.0 Å². The van der Waals surface area contributed by atoms with Gasteiger partial charge in [-0.05, 0) is 48.9 Å². The van der Waals surface area contributed by atoms with E-state index in [0.29, 0.717) is 52.2 Å². The van der Waals surface area contributed by atoms with Crippen molar-refractivity contribution in [2.75, 3.05) is 21.0 Å². The molecule has 1 aliphatic rings. The van der Waals surface area contributed by atoms with Gasteiger partial charge in [0.2, 0.25) is 6.79 Å². The van der Waals surface area contributed by atoms with Gasteiger partial charge in [-0.2, -0.15) is 0 Å². The number of rotatable bonds is 13. The molecule has 4 aromatic rings. The predicted octanol–water partition coefficient (Wildman–Crippen LogP) is 4.79. The number of aromatic nitrogens is 2. The molecule has 0 saturated carbocycles. The SMILES string of the molecule is CCCCc1ncc(/C=C(\Cc2cc3c(cc2OC)OCO3)C(=O)O)n1-c1ccc(OC)cc1C(=O)NS(=O)(=O)c1ccccc1. The van der Waals surface area contributed by atoms with Crippen molar-refractivity contribution in [2.45, 2.75) is 37.5 Å². The number of nitrogens with zero attached hydrogens (tertiary/aromatic N) is 2. The molecule has 0 spiro atoms. The summed E-state index contributed by atoms with van der Waals surface area (Å²) in [6.07, 6.45) is 5.10. The van der Waals surface area contributed by atoms with Gasteiger partial charge in [-0.25, -0.2) is 22.9 Å². The lowest BCUT2D eigenvalue weighted by molar-refractivity contribution is -0.132. The fourth-order valence-corrected chi connectivity index (χ4v) is 6.00. The highest BCUT2D eigenvalue weighted by Gasteiger charge is 2.25. The van der Waals surface area contributed by atoms with E-state index in [2.05, 4.69) is 9.71 Å². The number of benzene rings is 3. The summed E-state index contributed by atoms with van der Waals surface area (Å²) in [6, 6.07) is 15.5. The van der Waals surface area contributed by atoms with Crippen LogP contribution < -0.4 is 23.7 Å². The van der Waals surface area contributed by atoms with E-state index in [1.807, 2.05) is 6.92 Å². The largest absolute Gasteiger partial charge is 0.497 e. The molecule has 0 aliphatic carbocycles. The van der Waals surface area contributed by atoms with Crippen LogP contribution in [-0.4, -0.2) is 56.0 Å². The summed E-state index contributed by atoms with van der Waals surface area (Å²) in [5.41, 5.74) is 1.22. The molecule has 12 nitrogen and oxygen atoms in total. The minimum Gasteiger partial charge on any atom is -0.497 e. The Morgan fingerprint density at radius 3 is 2.46 bits per heavy atom. The molecule has 0 fully saturated rings. The number of aliphatic carboxylic acids is 1. The van der Waals surface area contributed by atoms with E-state index in [-0.39, 0.29) is 29.2 Å². The van der Waals surface area contributed by atoms with Gasteiger partial charge in [-0.3, -0.25) is 9.36 Å². The third-order valence-corrected chi connectivity index (χ3v) is 8.69. The number of hydrogen-bond donors (Lipinski definition) is 2. The van der Waals surface area contributed by atoms with Gasteiger partial charge in [0.15, 0.2) is 11.5 Å². The summed E-state index contributed by atoms with van der Waals surface area (Å²) in [5, 5.41) is 10.3. The van der Waals surface area contributed by atoms with Crippen molar-refractivity contribution in [3.8, 4) is 28.7 Å². The first-order chi connectivity index (χ1) is 22.1. The van der Waals surface area contributed by atoms with Gasteiger partial charge in [0.25, 0.3) is 15.9 Å². The predicted molar refractivity (Wildman–Crippen MR) is 168 cm³/mol. The molecule has 0 radical (unpaired) electrons. The first-order valence-corrected chi connectivity index (χ1v) is 15.9. The number of sulfonamides is 1. The van der Waals surface area contributed by atoms with Gasteiger partial charge in [-0.15, -0.1) is 0 Å². The molecule has 46 heavy (non-hydrogen) atoms. The number of carbonyl (C=O) groups excluding carboxylic acids is 1. The third-order valence-electron chi connectivity index (χ3n) is 7.34. The van der Waals surface area contributed by atoms with Crippen LogP contribution in [0.1, 0.15) is 47.2 Å². The molecule has 1 aromatic heterocycles. The smallest absolute Gasteiger partial charge is 0.331 e. The lowest BCUT2D eigenvalue weighted by Crippen LogP contribution is -2.31. The zero-order valence-corrected chi connectivity index (χ0v) is 26.3. The fraction of sp³-hybridized carbons (Fsp3) is 0.242. The van der Waals surface area contributed by atoms with Crippen LogP contribution in [0.4, 0.5) is 0 Å². The van der Waals surface area contributed by atoms with Crippen LogP contribution in [0.25, 0.3) is 11.8 Å². The number of aryl methyl sites for hydroxylation is 1. The van der Waals surface area contributed by atoms with Crippen LogP contribution in [0.2, 0.25) is 0 Å². The van der Waals surface area contributed by atoms with Crippen molar-refractivity contribution in [1.29, 1.82) is 0 Å². The molecule has 0 unspecified atom stereocenters. The fourth-order valence-electron chi connectivity index (χ4n) is 5.02. The van der Waals surface area contributed by atoms with Gasteiger partial charge in [0.1, 0.15) is 17.3 Å². The lowest BCUT2D eigenvalue weighted by Gasteiger charge is -2.17. The third kappa shape index (κ3) is 6.84. The van der Waals surface area contributed by atoms with Gasteiger partial charge in [0.05, 0.1) is 42.3 Å². The standard InChI is InChI=1S/C33H33N3O9S/c1-4-5-11-31-34-19-23(15-22(33(38)39)14-21-16-29-30(45-20-44-29)18-28(21)43-3)36(31)27-13-12-24(42-2)17-26(27)32(37)35-46(40,41)25-9-7-6-8-10-25/h6-10,12-13,15-19H,4-5,11,14,20H2,1-3H3,(H,35,37)(H,38,39)/b22-15+. The molecule has 240 valence electrons. The highest BCUT2D eigenvalue weighted by Crippen LogP contribution is 2.39. The van der Waals surface area contributed by atoms with Crippen LogP contribution in [-0.2, 0) is 27.7 Å². The van der Waals surface area contributed by atoms with Crippen molar-refractivity contribution in [3.63, 3.8) is 0 Å². The average molecular weight is 648 g/mol. The molecule has 3 aromatic carbocycles. The van der Waals surface area contributed by atoms with E-state index in [0.717, 1.165) is 12.8 Å². The van der Waals surface area contributed by atoms with E-state index in [9.17, 15) is 23.1 Å². The van der Waals surface area contributed by atoms with E-state index in [1.165, 1.54) is 44.7 Å². The van der Waals surface area contributed by atoms with Crippen molar-refractivity contribution in [3.05, 3.63) is 95.1 Å². The molecule has 1 amide bonds. The molecule has 0 atom stereocenters. The van der Waals surface area contributed by atoms with Crippen LogP contribution in [0.5, 0.6) is 23.0 Å². The van der Waals surface area contributed by atoms with Gasteiger partial charge in [-0.1, -0.05) is 31.5 Å². The van der Waals surface area contributed by atoms with Crippen LogP contribution in [0.3, 0.4) is 0 Å². The maximum absolute atomic E-state index is 13.7. The maximum atomic E-state index is 13.7. The number of imidazole rings is 1. The van der Waals surface area contributed by atoms with E-state index in [4.69, 9.17) is 18.9 Å². The topological polar surface area (TPSA) is 155 Å². The summed E-state index contributed by atoms with van der Waals surface area (Å²) in [5.74, 6) is 0.215. The average Bonchev–Trinajstić information content (AvgIpc) is 3.69. The van der Waals surface area contributed by atoms with E-state index in [1.54, 1.807) is 47.0 Å². The number of carbonyl (C=O) groups is 2. The Morgan fingerprint density at radius 2 is 1.78 bits per heavy atom. The summed E-state index contributed by atoms with van der Waals surface area (Å²) >= 11 is 0. The van der Waals surface area contributed by atoms with E-state index < -0.39 is 21.9 Å². The van der Waals surface area contributed by atoms with Gasteiger partial charge < -0.3 is 24.1 Å². The number of methoxy groups -OCH3 is 2. The van der Waals surface area contributed by atoms with Gasteiger partial charge in [0, 0.05) is 30.0 Å². The summed E-state index contributed by atoms with van der Waals surface area (Å²) in [4.78, 5) is 30.7. The summed E-state index contributed by atoms with van der Waals surface area (Å²) in [6.45, 7) is 2.07. The highest BCUT2D eigenvalue weighted by molar-refractivity contribution is 7.90. The Labute approximate surface area is 266 Å². The van der Waals surface area contributed by atoms with Crippen molar-refractivity contribution < 1.29 is 42.1 Å². The molecule has 2 N–H and O–H groups in total. The van der Waals surface area contributed by atoms with E-state index >= 15 is 0 Å². The number of carboxylic acid groups (broad SMARTS) is 1. The number of fused-ring (bicyclic) bond motifs is 1. The molecule has 13 heteroatoms. The Balaban J connectivity index is 1.61. The Bertz CT molecular complexity index is 1900. The lowest BCUT2D eigenvalue weighted by atomic mass is 10.0. The van der Waals surface area contributed by atoms with Crippen molar-refractivity contribution in [2.24, 2.45) is 0 Å². The number of carboxylic acids is 1. The highest BCUT2D eigenvalue weighted by atomic mass is 32.2. The number of nitrogens with one attached hydrogen (secondary N) is 1.